The molecule has 0 aliphatic carbocycles. The second kappa shape index (κ2) is 5.69. The molecule has 0 saturated heterocycles. The summed E-state index contributed by atoms with van der Waals surface area (Å²) < 4.78 is 13.0. The second-order valence-corrected chi connectivity index (χ2v) is 4.64. The van der Waals surface area contributed by atoms with Crippen LogP contribution in [0.4, 0.5) is 15.8 Å². The number of nitrogens with zero attached hydrogens (tertiary/aromatic N) is 3. The maximum Gasteiger partial charge on any atom is 0.258 e. The Balaban J connectivity index is 2.22. The van der Waals surface area contributed by atoms with Crippen molar-refractivity contribution in [1.29, 1.82) is 0 Å². The van der Waals surface area contributed by atoms with Gasteiger partial charge in [0.05, 0.1) is 0 Å². The smallest absolute Gasteiger partial charge is 0.258 e. The van der Waals surface area contributed by atoms with Gasteiger partial charge in [-0.15, -0.1) is 0 Å². The summed E-state index contributed by atoms with van der Waals surface area (Å²) in [5.41, 5.74) is 2.07. The summed E-state index contributed by atoms with van der Waals surface area (Å²) >= 11 is 0. The van der Waals surface area contributed by atoms with Gasteiger partial charge >= 0.3 is 0 Å². The fourth-order valence-corrected chi connectivity index (χ4v) is 1.82. The standard InChI is InChI=1S/C15H16FN3O/c1-18(2)12-4-6-13(7-5-12)19(3)15(20)11-8-9-17-14(16)10-11/h4-10H,1-3H3. The van der Waals surface area contributed by atoms with E-state index in [1.165, 1.54) is 17.2 Å². The lowest BCUT2D eigenvalue weighted by atomic mass is 10.2. The minimum atomic E-state index is -0.660. The van der Waals surface area contributed by atoms with Gasteiger partial charge in [0.25, 0.3) is 5.91 Å². The van der Waals surface area contributed by atoms with E-state index >= 15 is 0 Å². The number of halogens is 1. The molecule has 4 nitrogen and oxygen atoms in total. The van der Waals surface area contributed by atoms with E-state index in [0.29, 0.717) is 0 Å². The molecule has 2 aromatic rings. The van der Waals surface area contributed by atoms with E-state index in [9.17, 15) is 9.18 Å². The molecule has 1 aromatic heterocycles. The summed E-state index contributed by atoms with van der Waals surface area (Å²) in [6, 6.07) is 10.2. The van der Waals surface area contributed by atoms with Gasteiger partial charge in [-0.3, -0.25) is 4.79 Å². The summed E-state index contributed by atoms with van der Waals surface area (Å²) in [7, 11) is 5.55. The number of hydrogen-bond acceptors (Lipinski definition) is 3. The Morgan fingerprint density at radius 3 is 2.20 bits per heavy atom. The largest absolute Gasteiger partial charge is 0.378 e. The molecule has 5 heteroatoms. The predicted molar refractivity (Wildman–Crippen MR) is 77.7 cm³/mol. The molecule has 1 amide bonds. The Kier molecular flexibility index (Phi) is 3.98. The molecule has 0 atom stereocenters. The van der Waals surface area contributed by atoms with E-state index < -0.39 is 5.95 Å². The monoisotopic (exact) mass is 273 g/mol. The van der Waals surface area contributed by atoms with Crippen molar-refractivity contribution in [2.24, 2.45) is 0 Å². The molecule has 1 aromatic carbocycles. The number of rotatable bonds is 3. The minimum absolute atomic E-state index is 0.274. The topological polar surface area (TPSA) is 36.4 Å². The maximum atomic E-state index is 13.0. The molecule has 2 rings (SSSR count). The predicted octanol–water partition coefficient (Wildman–Crippen LogP) is 2.56. The maximum absolute atomic E-state index is 13.0. The van der Waals surface area contributed by atoms with Crippen LogP contribution >= 0.6 is 0 Å². The summed E-state index contributed by atoms with van der Waals surface area (Å²) in [5.74, 6) is -0.934. The number of carbonyl (C=O) groups is 1. The van der Waals surface area contributed by atoms with Crippen molar-refractivity contribution in [2.75, 3.05) is 30.9 Å². The highest BCUT2D eigenvalue weighted by Gasteiger charge is 2.14. The van der Waals surface area contributed by atoms with Crippen LogP contribution < -0.4 is 9.80 Å². The van der Waals surface area contributed by atoms with Crippen LogP contribution in [0.25, 0.3) is 0 Å². The first-order valence-electron chi connectivity index (χ1n) is 6.16. The number of benzene rings is 1. The zero-order valence-corrected chi connectivity index (χ0v) is 11.7. The van der Waals surface area contributed by atoms with Crippen molar-refractivity contribution in [1.82, 2.24) is 4.98 Å². The van der Waals surface area contributed by atoms with Crippen molar-refractivity contribution in [3.63, 3.8) is 0 Å². The quantitative estimate of drug-likeness (QED) is 0.806. The third kappa shape index (κ3) is 2.93. The first kappa shape index (κ1) is 14.0. The molecule has 0 fully saturated rings. The molecule has 0 saturated carbocycles. The molecule has 0 spiro atoms. The van der Waals surface area contributed by atoms with Gasteiger partial charge in [0, 0.05) is 50.3 Å². The molecule has 0 N–H and O–H groups in total. The fraction of sp³-hybridized carbons (Fsp3) is 0.200. The summed E-state index contributed by atoms with van der Waals surface area (Å²) in [5, 5.41) is 0. The third-order valence-corrected chi connectivity index (χ3v) is 3.03. The van der Waals surface area contributed by atoms with Crippen molar-refractivity contribution in [3.8, 4) is 0 Å². The number of amides is 1. The molecule has 0 bridgehead atoms. The molecule has 0 radical (unpaired) electrons. The van der Waals surface area contributed by atoms with Gasteiger partial charge < -0.3 is 9.80 Å². The molecule has 104 valence electrons. The Morgan fingerprint density at radius 1 is 1.05 bits per heavy atom. The molecule has 1 heterocycles. The molecule has 0 aliphatic rings. The van der Waals surface area contributed by atoms with Crippen LogP contribution in [-0.4, -0.2) is 32.0 Å². The minimum Gasteiger partial charge on any atom is -0.378 e. The summed E-state index contributed by atoms with van der Waals surface area (Å²) in [6.07, 6.45) is 1.28. The van der Waals surface area contributed by atoms with E-state index in [0.717, 1.165) is 17.4 Å². The number of pyridine rings is 1. The number of hydrogen-bond donors (Lipinski definition) is 0. The third-order valence-electron chi connectivity index (χ3n) is 3.03. The Hall–Kier alpha value is -2.43. The number of aromatic nitrogens is 1. The summed E-state index contributed by atoms with van der Waals surface area (Å²) in [6.45, 7) is 0. The van der Waals surface area contributed by atoms with Gasteiger partial charge in [-0.2, -0.15) is 4.39 Å². The lowest BCUT2D eigenvalue weighted by Crippen LogP contribution is -2.26. The van der Waals surface area contributed by atoms with Crippen molar-refractivity contribution in [3.05, 3.63) is 54.1 Å². The zero-order valence-electron chi connectivity index (χ0n) is 11.7. The van der Waals surface area contributed by atoms with Crippen LogP contribution in [0.2, 0.25) is 0 Å². The van der Waals surface area contributed by atoms with Gasteiger partial charge in [-0.1, -0.05) is 0 Å². The van der Waals surface area contributed by atoms with Crippen molar-refractivity contribution >= 4 is 17.3 Å². The van der Waals surface area contributed by atoms with Crippen LogP contribution in [0.1, 0.15) is 10.4 Å². The van der Waals surface area contributed by atoms with E-state index in [2.05, 4.69) is 4.98 Å². The van der Waals surface area contributed by atoms with Crippen LogP contribution in [0.15, 0.2) is 42.6 Å². The lowest BCUT2D eigenvalue weighted by Gasteiger charge is -2.19. The van der Waals surface area contributed by atoms with Crippen LogP contribution in [0.3, 0.4) is 0 Å². The van der Waals surface area contributed by atoms with Crippen molar-refractivity contribution in [2.45, 2.75) is 0 Å². The SMILES string of the molecule is CN(C)c1ccc(N(C)C(=O)c2ccnc(F)c2)cc1. The molecular weight excluding hydrogens is 257 g/mol. The highest BCUT2D eigenvalue weighted by molar-refractivity contribution is 6.05. The normalized spacial score (nSPS) is 10.2. The highest BCUT2D eigenvalue weighted by atomic mass is 19.1. The number of carbonyl (C=O) groups excluding carboxylic acids is 1. The van der Waals surface area contributed by atoms with E-state index in [4.69, 9.17) is 0 Å². The second-order valence-electron chi connectivity index (χ2n) is 4.64. The van der Waals surface area contributed by atoms with Crippen LogP contribution in [0.5, 0.6) is 0 Å². The van der Waals surface area contributed by atoms with Gasteiger partial charge in [0.15, 0.2) is 0 Å². The van der Waals surface area contributed by atoms with Gasteiger partial charge in [0.1, 0.15) is 0 Å². The number of anilines is 2. The lowest BCUT2D eigenvalue weighted by molar-refractivity contribution is 0.0992. The van der Waals surface area contributed by atoms with Crippen LogP contribution in [0, 0.1) is 5.95 Å². The molecular formula is C15H16FN3O. The molecule has 0 aliphatic heterocycles. The van der Waals surface area contributed by atoms with E-state index in [-0.39, 0.29) is 11.5 Å². The summed E-state index contributed by atoms with van der Waals surface area (Å²) in [4.78, 5) is 19.1. The van der Waals surface area contributed by atoms with Gasteiger partial charge in [-0.25, -0.2) is 4.98 Å². The fourth-order valence-electron chi connectivity index (χ4n) is 1.82. The Morgan fingerprint density at radius 2 is 1.65 bits per heavy atom. The Bertz CT molecular complexity index is 611. The zero-order chi connectivity index (χ0) is 14.7. The van der Waals surface area contributed by atoms with E-state index in [1.54, 1.807) is 7.05 Å². The molecule has 20 heavy (non-hydrogen) atoms. The Labute approximate surface area is 117 Å². The highest BCUT2D eigenvalue weighted by Crippen LogP contribution is 2.20. The average molecular weight is 273 g/mol. The molecule has 0 unspecified atom stereocenters. The van der Waals surface area contributed by atoms with Crippen LogP contribution in [-0.2, 0) is 0 Å². The first-order chi connectivity index (χ1) is 9.49. The first-order valence-corrected chi connectivity index (χ1v) is 6.16. The van der Waals surface area contributed by atoms with Gasteiger partial charge in [-0.05, 0) is 30.3 Å². The van der Waals surface area contributed by atoms with Gasteiger partial charge in [0.2, 0.25) is 5.95 Å². The van der Waals surface area contributed by atoms with E-state index in [1.807, 2.05) is 43.3 Å². The van der Waals surface area contributed by atoms with Crippen molar-refractivity contribution < 1.29 is 9.18 Å². The average Bonchev–Trinajstić information content (AvgIpc) is 2.46.